The van der Waals surface area contributed by atoms with Gasteiger partial charge in [0.15, 0.2) is 0 Å². The summed E-state index contributed by atoms with van der Waals surface area (Å²) < 4.78 is 5.18. The van der Waals surface area contributed by atoms with Crippen molar-refractivity contribution in [2.24, 2.45) is 0 Å². The number of piperazine rings is 1. The highest BCUT2D eigenvalue weighted by Gasteiger charge is 2.21. The first-order valence-corrected chi connectivity index (χ1v) is 9.26. The van der Waals surface area contributed by atoms with Gasteiger partial charge in [-0.1, -0.05) is 0 Å². The number of nitrogens with zero attached hydrogens (tertiary/aromatic N) is 3. The molecular formula is C17H20ClN3O2S. The molecule has 1 aromatic carbocycles. The van der Waals surface area contributed by atoms with Gasteiger partial charge in [-0.3, -0.25) is 9.69 Å². The maximum absolute atomic E-state index is 11.6. The molecule has 0 radical (unpaired) electrons. The van der Waals surface area contributed by atoms with Crippen LogP contribution in [0.4, 0.5) is 0 Å². The van der Waals surface area contributed by atoms with Crippen LogP contribution in [-0.2, 0) is 11.3 Å². The number of benzene rings is 1. The Morgan fingerprint density at radius 2 is 1.96 bits per heavy atom. The Bertz CT molecular complexity index is 681. The van der Waals surface area contributed by atoms with Crippen molar-refractivity contribution in [1.82, 2.24) is 14.8 Å². The first kappa shape index (κ1) is 17.2. The molecule has 0 N–H and O–H groups in total. The van der Waals surface area contributed by atoms with Crippen LogP contribution in [-0.4, -0.2) is 59.9 Å². The molecule has 1 aromatic heterocycles. The van der Waals surface area contributed by atoms with E-state index in [1.54, 1.807) is 18.4 Å². The Morgan fingerprint density at radius 3 is 2.58 bits per heavy atom. The summed E-state index contributed by atoms with van der Waals surface area (Å²) in [4.78, 5) is 20.5. The first-order chi connectivity index (χ1) is 11.7. The SMILES string of the molecule is COc1ccc(-c2csc(CN3CCN(C(=O)CCl)CC3)n2)cc1. The zero-order chi connectivity index (χ0) is 16.9. The summed E-state index contributed by atoms with van der Waals surface area (Å²) in [6.45, 7) is 4.02. The number of carbonyl (C=O) groups is 1. The fourth-order valence-corrected chi connectivity index (χ4v) is 3.72. The monoisotopic (exact) mass is 365 g/mol. The maximum atomic E-state index is 11.6. The summed E-state index contributed by atoms with van der Waals surface area (Å²) in [5.74, 6) is 0.934. The number of methoxy groups -OCH3 is 1. The summed E-state index contributed by atoms with van der Waals surface area (Å²) in [6.07, 6.45) is 0. The van der Waals surface area contributed by atoms with Crippen molar-refractivity contribution < 1.29 is 9.53 Å². The van der Waals surface area contributed by atoms with E-state index in [1.165, 1.54) is 0 Å². The van der Waals surface area contributed by atoms with E-state index in [-0.39, 0.29) is 11.8 Å². The summed E-state index contributed by atoms with van der Waals surface area (Å²) in [6, 6.07) is 7.94. The molecule has 2 aromatic rings. The number of hydrogen-bond acceptors (Lipinski definition) is 5. The zero-order valence-corrected chi connectivity index (χ0v) is 15.1. The number of carbonyl (C=O) groups excluding carboxylic acids is 1. The Hall–Kier alpha value is -1.63. The van der Waals surface area contributed by atoms with Gasteiger partial charge in [0.2, 0.25) is 5.91 Å². The number of rotatable bonds is 5. The fourth-order valence-electron chi connectivity index (χ4n) is 2.71. The Labute approximate surface area is 150 Å². The molecule has 1 fully saturated rings. The first-order valence-electron chi connectivity index (χ1n) is 7.84. The number of thiazole rings is 1. The molecule has 1 amide bonds. The van der Waals surface area contributed by atoms with E-state index < -0.39 is 0 Å². The predicted molar refractivity (Wildman–Crippen MR) is 96.7 cm³/mol. The van der Waals surface area contributed by atoms with Crippen LogP contribution in [0.15, 0.2) is 29.6 Å². The van der Waals surface area contributed by atoms with Crippen molar-refractivity contribution >= 4 is 28.8 Å². The van der Waals surface area contributed by atoms with E-state index in [0.717, 1.165) is 54.7 Å². The fraction of sp³-hybridized carbons (Fsp3) is 0.412. The third-order valence-corrected chi connectivity index (χ3v) is 5.20. The highest BCUT2D eigenvalue weighted by Crippen LogP contribution is 2.25. The van der Waals surface area contributed by atoms with Crippen LogP contribution < -0.4 is 4.74 Å². The molecule has 0 bridgehead atoms. The number of alkyl halides is 1. The van der Waals surface area contributed by atoms with Crippen LogP contribution in [0.2, 0.25) is 0 Å². The van der Waals surface area contributed by atoms with Gasteiger partial charge < -0.3 is 9.64 Å². The van der Waals surface area contributed by atoms with Gasteiger partial charge in [0.1, 0.15) is 16.6 Å². The zero-order valence-electron chi connectivity index (χ0n) is 13.6. The van der Waals surface area contributed by atoms with E-state index in [2.05, 4.69) is 10.3 Å². The molecule has 1 aliphatic rings. The lowest BCUT2D eigenvalue weighted by Crippen LogP contribution is -2.48. The lowest BCUT2D eigenvalue weighted by Gasteiger charge is -2.33. The van der Waals surface area contributed by atoms with E-state index >= 15 is 0 Å². The number of amides is 1. The van der Waals surface area contributed by atoms with Crippen molar-refractivity contribution in [3.63, 3.8) is 0 Å². The van der Waals surface area contributed by atoms with Gasteiger partial charge in [0, 0.05) is 37.1 Å². The molecule has 0 unspecified atom stereocenters. The lowest BCUT2D eigenvalue weighted by atomic mass is 10.2. The molecule has 1 aliphatic heterocycles. The molecule has 2 heterocycles. The standard InChI is InChI=1S/C17H20ClN3O2S/c1-23-14-4-2-13(3-5-14)15-12-24-16(19-15)11-20-6-8-21(9-7-20)17(22)10-18/h2-5,12H,6-11H2,1H3. The quantitative estimate of drug-likeness (QED) is 0.764. The van der Waals surface area contributed by atoms with Crippen molar-refractivity contribution in [2.45, 2.75) is 6.54 Å². The van der Waals surface area contributed by atoms with Crippen molar-refractivity contribution in [2.75, 3.05) is 39.2 Å². The van der Waals surface area contributed by atoms with Crippen LogP contribution >= 0.6 is 22.9 Å². The minimum atomic E-state index is 0.0207. The average molecular weight is 366 g/mol. The minimum absolute atomic E-state index is 0.0207. The Balaban J connectivity index is 1.57. The van der Waals surface area contributed by atoms with Gasteiger partial charge in [-0.05, 0) is 24.3 Å². The van der Waals surface area contributed by atoms with Gasteiger partial charge >= 0.3 is 0 Å². The molecule has 128 valence electrons. The third kappa shape index (κ3) is 4.06. The van der Waals surface area contributed by atoms with E-state index in [4.69, 9.17) is 21.3 Å². The molecule has 5 nitrogen and oxygen atoms in total. The van der Waals surface area contributed by atoms with Gasteiger partial charge in [-0.25, -0.2) is 4.98 Å². The van der Waals surface area contributed by atoms with Gasteiger partial charge in [0.05, 0.1) is 19.3 Å². The Morgan fingerprint density at radius 1 is 1.25 bits per heavy atom. The number of aromatic nitrogens is 1. The normalized spacial score (nSPS) is 15.5. The number of hydrogen-bond donors (Lipinski definition) is 0. The highest BCUT2D eigenvalue weighted by molar-refractivity contribution is 7.09. The molecule has 24 heavy (non-hydrogen) atoms. The van der Waals surface area contributed by atoms with E-state index in [0.29, 0.717) is 0 Å². The van der Waals surface area contributed by atoms with Crippen LogP contribution in [0.3, 0.4) is 0 Å². The predicted octanol–water partition coefficient (Wildman–Crippen LogP) is 2.70. The van der Waals surface area contributed by atoms with Crippen molar-refractivity contribution in [1.29, 1.82) is 0 Å². The number of ether oxygens (including phenoxy) is 1. The van der Waals surface area contributed by atoms with Gasteiger partial charge in [-0.15, -0.1) is 22.9 Å². The van der Waals surface area contributed by atoms with Crippen LogP contribution in [0.25, 0.3) is 11.3 Å². The summed E-state index contributed by atoms with van der Waals surface area (Å²) in [7, 11) is 1.66. The highest BCUT2D eigenvalue weighted by atomic mass is 35.5. The second-order valence-electron chi connectivity index (χ2n) is 5.65. The molecular weight excluding hydrogens is 346 g/mol. The molecule has 0 spiro atoms. The topological polar surface area (TPSA) is 45.7 Å². The molecule has 0 aliphatic carbocycles. The van der Waals surface area contributed by atoms with Crippen LogP contribution in [0.1, 0.15) is 5.01 Å². The van der Waals surface area contributed by atoms with E-state index in [1.807, 2.05) is 29.2 Å². The van der Waals surface area contributed by atoms with Gasteiger partial charge in [-0.2, -0.15) is 0 Å². The summed E-state index contributed by atoms with van der Waals surface area (Å²) >= 11 is 7.28. The smallest absolute Gasteiger partial charge is 0.237 e. The minimum Gasteiger partial charge on any atom is -0.497 e. The second-order valence-corrected chi connectivity index (χ2v) is 6.86. The molecule has 0 atom stereocenters. The maximum Gasteiger partial charge on any atom is 0.237 e. The van der Waals surface area contributed by atoms with Crippen LogP contribution in [0, 0.1) is 0 Å². The summed E-state index contributed by atoms with van der Waals surface area (Å²) in [5.41, 5.74) is 2.09. The molecule has 0 saturated carbocycles. The van der Waals surface area contributed by atoms with Crippen LogP contribution in [0.5, 0.6) is 5.75 Å². The molecule has 1 saturated heterocycles. The largest absolute Gasteiger partial charge is 0.497 e. The number of halogens is 1. The average Bonchev–Trinajstić information content (AvgIpc) is 3.10. The third-order valence-electron chi connectivity index (χ3n) is 4.14. The summed E-state index contributed by atoms with van der Waals surface area (Å²) in [5, 5.41) is 3.18. The van der Waals surface area contributed by atoms with Crippen molar-refractivity contribution in [3.05, 3.63) is 34.7 Å². The molecule has 3 rings (SSSR count). The second kappa shape index (κ2) is 7.96. The Kier molecular flexibility index (Phi) is 5.71. The lowest BCUT2D eigenvalue weighted by molar-refractivity contribution is -0.130. The van der Waals surface area contributed by atoms with E-state index in [9.17, 15) is 4.79 Å². The van der Waals surface area contributed by atoms with Crippen molar-refractivity contribution in [3.8, 4) is 17.0 Å². The van der Waals surface area contributed by atoms with Gasteiger partial charge in [0.25, 0.3) is 0 Å². The molecule has 7 heteroatoms.